The molecule has 82 valence electrons. The zero-order valence-corrected chi connectivity index (χ0v) is 8.17. The second-order valence-corrected chi connectivity index (χ2v) is 2.86. The number of hydrogen-bond acceptors (Lipinski definition) is 3. The van der Waals surface area contributed by atoms with E-state index in [1.54, 1.807) is 13.1 Å². The molecule has 1 aromatic rings. The number of carbonyl (C=O) groups excluding carboxylic acids is 1. The molecule has 5 heteroatoms. The van der Waals surface area contributed by atoms with Crippen LogP contribution in [0.4, 0.5) is 8.78 Å². The molecule has 0 unspecified atom stereocenters. The lowest BCUT2D eigenvalue weighted by molar-refractivity contribution is -0.0498. The fourth-order valence-corrected chi connectivity index (χ4v) is 1.11. The summed E-state index contributed by atoms with van der Waals surface area (Å²) in [7, 11) is 1.64. The number of hydrogen-bond donors (Lipinski definition) is 1. The molecule has 0 aliphatic carbocycles. The number of Topliss-reactive ketones (excluding diaryl/α,β-unsaturated/α-hetero) is 1. The maximum absolute atomic E-state index is 11.9. The SMILES string of the molecule is CNCC(=O)c1cccc(OC(F)F)c1. The van der Waals surface area contributed by atoms with Crippen molar-refractivity contribution in [2.45, 2.75) is 6.61 Å². The Morgan fingerprint density at radius 2 is 2.27 bits per heavy atom. The Morgan fingerprint density at radius 1 is 1.53 bits per heavy atom. The van der Waals surface area contributed by atoms with E-state index in [-0.39, 0.29) is 18.1 Å². The predicted octanol–water partition coefficient (Wildman–Crippen LogP) is 1.69. The topological polar surface area (TPSA) is 38.3 Å². The van der Waals surface area contributed by atoms with E-state index < -0.39 is 6.61 Å². The molecule has 15 heavy (non-hydrogen) atoms. The lowest BCUT2D eigenvalue weighted by Gasteiger charge is -2.05. The minimum atomic E-state index is -2.88. The average Bonchev–Trinajstić information content (AvgIpc) is 2.17. The first-order valence-corrected chi connectivity index (χ1v) is 4.36. The van der Waals surface area contributed by atoms with Gasteiger partial charge in [0.05, 0.1) is 6.54 Å². The third-order valence-corrected chi connectivity index (χ3v) is 1.72. The van der Waals surface area contributed by atoms with Crippen molar-refractivity contribution >= 4 is 5.78 Å². The highest BCUT2D eigenvalue weighted by Crippen LogP contribution is 2.16. The summed E-state index contributed by atoms with van der Waals surface area (Å²) in [4.78, 5) is 11.4. The highest BCUT2D eigenvalue weighted by molar-refractivity contribution is 5.97. The number of carbonyl (C=O) groups is 1. The second kappa shape index (κ2) is 5.41. The molecule has 0 atom stereocenters. The van der Waals surface area contributed by atoms with Gasteiger partial charge in [-0.3, -0.25) is 4.79 Å². The van der Waals surface area contributed by atoms with E-state index in [1.165, 1.54) is 18.2 Å². The van der Waals surface area contributed by atoms with Crippen LogP contribution in [0.3, 0.4) is 0 Å². The van der Waals surface area contributed by atoms with E-state index in [9.17, 15) is 13.6 Å². The Balaban J connectivity index is 2.78. The first kappa shape index (κ1) is 11.6. The fourth-order valence-electron chi connectivity index (χ4n) is 1.11. The zero-order chi connectivity index (χ0) is 11.3. The van der Waals surface area contributed by atoms with Crippen molar-refractivity contribution in [3.8, 4) is 5.75 Å². The van der Waals surface area contributed by atoms with Crippen molar-refractivity contribution in [1.29, 1.82) is 0 Å². The van der Waals surface area contributed by atoms with E-state index in [4.69, 9.17) is 0 Å². The minimum absolute atomic E-state index is 0.00745. The van der Waals surface area contributed by atoms with E-state index in [1.807, 2.05) is 0 Å². The van der Waals surface area contributed by atoms with Gasteiger partial charge in [-0.15, -0.1) is 0 Å². The van der Waals surface area contributed by atoms with Crippen LogP contribution in [0.1, 0.15) is 10.4 Å². The van der Waals surface area contributed by atoms with Gasteiger partial charge < -0.3 is 10.1 Å². The van der Waals surface area contributed by atoms with E-state index in [0.717, 1.165) is 0 Å². The molecule has 0 saturated heterocycles. The summed E-state index contributed by atoms with van der Waals surface area (Å²) >= 11 is 0. The van der Waals surface area contributed by atoms with Gasteiger partial charge in [0, 0.05) is 5.56 Å². The van der Waals surface area contributed by atoms with Gasteiger partial charge in [-0.25, -0.2) is 0 Å². The van der Waals surface area contributed by atoms with Gasteiger partial charge in [0.1, 0.15) is 5.75 Å². The Bertz CT molecular complexity index is 342. The number of ketones is 1. The molecule has 0 saturated carbocycles. The number of ether oxygens (including phenoxy) is 1. The van der Waals surface area contributed by atoms with Crippen LogP contribution >= 0.6 is 0 Å². The third-order valence-electron chi connectivity index (χ3n) is 1.72. The van der Waals surface area contributed by atoms with Gasteiger partial charge in [0.15, 0.2) is 5.78 Å². The summed E-state index contributed by atoms with van der Waals surface area (Å²) < 4.78 is 27.9. The smallest absolute Gasteiger partial charge is 0.387 e. The standard InChI is InChI=1S/C10H11F2NO2/c1-13-6-9(14)7-3-2-4-8(5-7)15-10(11)12/h2-5,10,13H,6H2,1H3. The van der Waals surface area contributed by atoms with Gasteiger partial charge in [0.2, 0.25) is 0 Å². The Hall–Kier alpha value is -1.49. The number of rotatable bonds is 5. The summed E-state index contributed by atoms with van der Waals surface area (Å²) in [6.45, 7) is -2.71. The van der Waals surface area contributed by atoms with Gasteiger partial charge in [0.25, 0.3) is 0 Å². The fraction of sp³-hybridized carbons (Fsp3) is 0.300. The lowest BCUT2D eigenvalue weighted by Crippen LogP contribution is -2.18. The van der Waals surface area contributed by atoms with Crippen LogP contribution in [0.15, 0.2) is 24.3 Å². The van der Waals surface area contributed by atoms with Crippen molar-refractivity contribution in [3.63, 3.8) is 0 Å². The summed E-state index contributed by atoms with van der Waals surface area (Å²) in [5.74, 6) is -0.177. The number of halogens is 2. The zero-order valence-electron chi connectivity index (χ0n) is 8.17. The molecule has 1 aromatic carbocycles. The molecular formula is C10H11F2NO2. The van der Waals surface area contributed by atoms with Crippen molar-refractivity contribution < 1.29 is 18.3 Å². The third kappa shape index (κ3) is 3.63. The van der Waals surface area contributed by atoms with Gasteiger partial charge in [-0.2, -0.15) is 8.78 Å². The summed E-state index contributed by atoms with van der Waals surface area (Å²) in [5, 5.41) is 2.69. The Kier molecular flexibility index (Phi) is 4.17. The monoisotopic (exact) mass is 215 g/mol. The minimum Gasteiger partial charge on any atom is -0.435 e. The van der Waals surface area contributed by atoms with Crippen LogP contribution in [0.5, 0.6) is 5.75 Å². The largest absolute Gasteiger partial charge is 0.435 e. The molecule has 1 rings (SSSR count). The molecule has 1 N–H and O–H groups in total. The molecule has 0 aromatic heterocycles. The molecule has 0 bridgehead atoms. The molecular weight excluding hydrogens is 204 g/mol. The lowest BCUT2D eigenvalue weighted by atomic mass is 10.1. The second-order valence-electron chi connectivity index (χ2n) is 2.86. The number of alkyl halides is 2. The molecule has 3 nitrogen and oxygen atoms in total. The van der Waals surface area contributed by atoms with E-state index in [2.05, 4.69) is 10.1 Å². The van der Waals surface area contributed by atoms with Crippen molar-refractivity contribution in [1.82, 2.24) is 5.32 Å². The van der Waals surface area contributed by atoms with Gasteiger partial charge in [-0.1, -0.05) is 12.1 Å². The molecule has 0 heterocycles. The summed E-state index contributed by atoms with van der Waals surface area (Å²) in [6.07, 6.45) is 0. The summed E-state index contributed by atoms with van der Waals surface area (Å²) in [5.41, 5.74) is 0.350. The maximum Gasteiger partial charge on any atom is 0.387 e. The van der Waals surface area contributed by atoms with Crippen molar-refractivity contribution in [3.05, 3.63) is 29.8 Å². The molecule has 0 spiro atoms. The maximum atomic E-state index is 11.9. The highest BCUT2D eigenvalue weighted by Gasteiger charge is 2.08. The molecule has 0 fully saturated rings. The summed E-state index contributed by atoms with van der Waals surface area (Å²) in [6, 6.07) is 5.73. The first-order valence-electron chi connectivity index (χ1n) is 4.36. The highest BCUT2D eigenvalue weighted by atomic mass is 19.3. The van der Waals surface area contributed by atoms with Crippen LogP contribution in [0.25, 0.3) is 0 Å². The average molecular weight is 215 g/mol. The predicted molar refractivity (Wildman–Crippen MR) is 51.3 cm³/mol. The molecule has 0 amide bonds. The van der Waals surface area contributed by atoms with Crippen molar-refractivity contribution in [2.75, 3.05) is 13.6 Å². The molecule has 0 radical (unpaired) electrons. The normalized spacial score (nSPS) is 10.4. The first-order chi connectivity index (χ1) is 7.13. The van der Waals surface area contributed by atoms with Crippen LogP contribution in [-0.2, 0) is 0 Å². The number of benzene rings is 1. The van der Waals surface area contributed by atoms with Crippen LogP contribution in [0.2, 0.25) is 0 Å². The molecule has 0 aliphatic heterocycles. The number of likely N-dealkylation sites (N-methyl/N-ethyl adjacent to an activating group) is 1. The van der Waals surface area contributed by atoms with Gasteiger partial charge >= 0.3 is 6.61 Å². The van der Waals surface area contributed by atoms with Gasteiger partial charge in [-0.05, 0) is 19.2 Å². The quantitative estimate of drug-likeness (QED) is 0.759. The Labute approximate surface area is 86.0 Å². The van der Waals surface area contributed by atoms with Crippen LogP contribution in [-0.4, -0.2) is 26.0 Å². The Morgan fingerprint density at radius 3 is 2.87 bits per heavy atom. The van der Waals surface area contributed by atoms with Crippen molar-refractivity contribution in [2.24, 2.45) is 0 Å². The van der Waals surface area contributed by atoms with E-state index in [0.29, 0.717) is 5.56 Å². The van der Waals surface area contributed by atoms with Crippen LogP contribution < -0.4 is 10.1 Å². The number of nitrogens with one attached hydrogen (secondary N) is 1. The van der Waals surface area contributed by atoms with E-state index >= 15 is 0 Å². The molecule has 0 aliphatic rings. The van der Waals surface area contributed by atoms with Crippen LogP contribution in [0, 0.1) is 0 Å².